The largest absolute Gasteiger partial charge is 1.00 e. The Kier molecular flexibility index (Phi) is 6.38. The predicted octanol–water partition coefficient (Wildman–Crippen LogP) is 1.52. The van der Waals surface area contributed by atoms with Gasteiger partial charge in [0.25, 0.3) is 5.92 Å². The molecule has 0 aromatic carbocycles. The molecular formula is C6F13Na. The van der Waals surface area contributed by atoms with Gasteiger partial charge in [-0.25, -0.2) is 8.78 Å². The van der Waals surface area contributed by atoms with Crippen LogP contribution in [0.2, 0.25) is 0 Å². The Balaban J connectivity index is 0. The van der Waals surface area contributed by atoms with Gasteiger partial charge in [0.1, 0.15) is 0 Å². The van der Waals surface area contributed by atoms with Gasteiger partial charge in [-0.05, 0) is 0 Å². The maximum absolute atomic E-state index is 12.3. The number of alkyl halides is 11. The average Bonchev–Trinajstić information content (AvgIpc) is 2.14. The summed E-state index contributed by atoms with van der Waals surface area (Å²) in [5, 5.41) is 0. The van der Waals surface area contributed by atoms with Gasteiger partial charge in [-0.3, -0.25) is 0 Å². The minimum absolute atomic E-state index is 0. The van der Waals surface area contributed by atoms with Crippen molar-refractivity contribution in [3.8, 4) is 0 Å². The Morgan fingerprint density at radius 3 is 1.00 bits per heavy atom. The van der Waals surface area contributed by atoms with Crippen molar-refractivity contribution in [3.63, 3.8) is 0 Å². The van der Waals surface area contributed by atoms with Crippen molar-refractivity contribution in [2.45, 2.75) is 29.9 Å². The van der Waals surface area contributed by atoms with Crippen LogP contribution >= 0.6 is 0 Å². The van der Waals surface area contributed by atoms with Crippen LogP contribution in [0.25, 0.3) is 0 Å². The minimum atomic E-state index is -7.80. The molecule has 0 rings (SSSR count). The molecule has 20 heavy (non-hydrogen) atoms. The van der Waals surface area contributed by atoms with Crippen LogP contribution in [0.15, 0.2) is 0 Å². The summed E-state index contributed by atoms with van der Waals surface area (Å²) >= 11 is 0. The molecule has 0 unspecified atom stereocenters. The number of halogens is 13. The molecule has 0 nitrogen and oxygen atoms in total. The van der Waals surface area contributed by atoms with E-state index in [1.54, 1.807) is 0 Å². The Morgan fingerprint density at radius 2 is 0.800 bits per heavy atom. The fraction of sp³-hybridized carbons (Fsp3) is 0.833. The predicted molar refractivity (Wildman–Crippen MR) is 31.3 cm³/mol. The van der Waals surface area contributed by atoms with Crippen LogP contribution in [0.3, 0.4) is 0 Å². The maximum atomic E-state index is 12.3. The Bertz CT molecular complexity index is 328. The molecular weight excluding hydrogens is 342 g/mol. The van der Waals surface area contributed by atoms with Crippen molar-refractivity contribution in [1.82, 2.24) is 0 Å². The van der Waals surface area contributed by atoms with E-state index in [2.05, 4.69) is 0 Å². The van der Waals surface area contributed by atoms with E-state index < -0.39 is 36.3 Å². The zero-order valence-electron chi connectivity index (χ0n) is 8.91. The first kappa shape index (κ1) is 22.4. The van der Waals surface area contributed by atoms with E-state index in [9.17, 15) is 57.1 Å². The fourth-order valence-electron chi connectivity index (χ4n) is 0.691. The van der Waals surface area contributed by atoms with Crippen molar-refractivity contribution in [2.75, 3.05) is 0 Å². The summed E-state index contributed by atoms with van der Waals surface area (Å²) in [5.41, 5.74) is 0. The summed E-state index contributed by atoms with van der Waals surface area (Å²) in [6.07, 6.45) is -12.1. The first-order chi connectivity index (χ1) is 7.94. The van der Waals surface area contributed by atoms with Crippen molar-refractivity contribution in [1.29, 1.82) is 0 Å². The second-order valence-electron chi connectivity index (χ2n) is 3.06. The van der Waals surface area contributed by atoms with Crippen molar-refractivity contribution in [2.24, 2.45) is 0 Å². The van der Waals surface area contributed by atoms with E-state index in [0.717, 1.165) is 0 Å². The molecule has 0 heterocycles. The number of hydrogen-bond donors (Lipinski definition) is 0. The van der Waals surface area contributed by atoms with E-state index in [1.165, 1.54) is 0 Å². The second kappa shape index (κ2) is 5.71. The topological polar surface area (TPSA) is 0 Å². The van der Waals surface area contributed by atoms with Gasteiger partial charge in [0.05, 0.1) is 6.43 Å². The molecule has 0 aromatic rings. The molecule has 0 saturated heterocycles. The minimum Gasteiger partial charge on any atom is -0.415 e. The average molecular weight is 342 g/mol. The van der Waals surface area contributed by atoms with Crippen LogP contribution in [-0.2, 0) is 0 Å². The molecule has 0 spiro atoms. The van der Waals surface area contributed by atoms with Gasteiger partial charge >= 0.3 is 53.5 Å². The van der Waals surface area contributed by atoms with Crippen molar-refractivity contribution < 1.29 is 86.6 Å². The van der Waals surface area contributed by atoms with Gasteiger partial charge in [-0.2, -0.15) is 39.5 Å². The SMILES string of the molecule is F[C-](F)C(F)(F)C(F)(F)C(F)(F)C(F)(F)C(F)(F)F.[Na+]. The van der Waals surface area contributed by atoms with Crippen LogP contribution in [0.5, 0.6) is 0 Å². The Labute approximate surface area is 123 Å². The maximum Gasteiger partial charge on any atom is 1.00 e. The normalized spacial score (nSPS) is 15.3. The first-order valence-electron chi connectivity index (χ1n) is 3.71. The molecule has 0 bridgehead atoms. The zero-order chi connectivity index (χ0) is 16.1. The summed E-state index contributed by atoms with van der Waals surface area (Å²) in [5.74, 6) is -30.3. The summed E-state index contributed by atoms with van der Waals surface area (Å²) in [6.45, 7) is 0. The smallest absolute Gasteiger partial charge is 0.415 e. The van der Waals surface area contributed by atoms with Crippen molar-refractivity contribution in [3.05, 3.63) is 6.43 Å². The molecule has 0 fully saturated rings. The van der Waals surface area contributed by atoms with E-state index >= 15 is 0 Å². The third kappa shape index (κ3) is 2.98. The van der Waals surface area contributed by atoms with Gasteiger partial charge < -0.3 is 8.78 Å². The summed E-state index contributed by atoms with van der Waals surface area (Å²) in [4.78, 5) is 0. The summed E-state index contributed by atoms with van der Waals surface area (Å²) in [7, 11) is 0. The van der Waals surface area contributed by atoms with Crippen LogP contribution in [0.1, 0.15) is 0 Å². The van der Waals surface area contributed by atoms with E-state index in [0.29, 0.717) is 0 Å². The molecule has 0 aliphatic heterocycles. The van der Waals surface area contributed by atoms with E-state index in [4.69, 9.17) is 0 Å². The molecule has 0 amide bonds. The van der Waals surface area contributed by atoms with E-state index in [1.807, 2.05) is 0 Å². The van der Waals surface area contributed by atoms with Crippen LogP contribution < -0.4 is 29.6 Å². The Hall–Kier alpha value is 0.0900. The monoisotopic (exact) mass is 342 g/mol. The number of hydrogen-bond acceptors (Lipinski definition) is 0. The zero-order valence-corrected chi connectivity index (χ0v) is 10.9. The molecule has 0 aliphatic rings. The quantitative estimate of drug-likeness (QED) is 0.413. The van der Waals surface area contributed by atoms with Gasteiger partial charge in [0, 0.05) is 0 Å². The molecule has 0 aliphatic carbocycles. The van der Waals surface area contributed by atoms with Gasteiger partial charge in [-0.1, -0.05) is 0 Å². The molecule has 14 heteroatoms. The molecule has 0 atom stereocenters. The summed E-state index contributed by atoms with van der Waals surface area (Å²) in [6, 6.07) is 0. The molecule has 0 N–H and O–H groups in total. The molecule has 0 radical (unpaired) electrons. The second-order valence-corrected chi connectivity index (χ2v) is 3.06. The first-order valence-corrected chi connectivity index (χ1v) is 3.71. The van der Waals surface area contributed by atoms with Crippen molar-refractivity contribution >= 4 is 0 Å². The standard InChI is InChI=1S/C6F13.Na/c7-1(8)2(9,10)3(11,12)4(13,14)5(15,16)6(17,18)19;/q-1;+1. The third-order valence-corrected chi connectivity index (χ3v) is 1.78. The number of rotatable bonds is 4. The van der Waals surface area contributed by atoms with Crippen LogP contribution in [0.4, 0.5) is 57.1 Å². The van der Waals surface area contributed by atoms with Crippen LogP contribution in [-0.4, -0.2) is 29.9 Å². The molecule has 0 saturated carbocycles. The van der Waals surface area contributed by atoms with Gasteiger partial charge in [0.2, 0.25) is 0 Å². The van der Waals surface area contributed by atoms with Gasteiger partial charge in [-0.15, -0.1) is 0 Å². The van der Waals surface area contributed by atoms with E-state index in [-0.39, 0.29) is 29.6 Å². The molecule has 0 aromatic heterocycles. The van der Waals surface area contributed by atoms with Gasteiger partial charge in [0.15, 0.2) is 0 Å². The molecule has 116 valence electrons. The van der Waals surface area contributed by atoms with Crippen LogP contribution in [0, 0.1) is 6.43 Å². The Morgan fingerprint density at radius 1 is 0.500 bits per heavy atom. The fourth-order valence-corrected chi connectivity index (χ4v) is 0.691. The summed E-state index contributed by atoms with van der Waals surface area (Å²) < 4.78 is 154. The third-order valence-electron chi connectivity index (χ3n) is 1.78.